The summed E-state index contributed by atoms with van der Waals surface area (Å²) in [6, 6.07) is 13.5. The van der Waals surface area contributed by atoms with Gasteiger partial charge < -0.3 is 29.3 Å². The molecule has 168 valence electrons. The van der Waals surface area contributed by atoms with E-state index in [0.29, 0.717) is 35.4 Å². The van der Waals surface area contributed by atoms with E-state index in [0.717, 1.165) is 30.2 Å². The lowest BCUT2D eigenvalue weighted by Crippen LogP contribution is -2.48. The molecule has 4 rings (SSSR count). The van der Waals surface area contributed by atoms with Gasteiger partial charge >= 0.3 is 0 Å². The van der Waals surface area contributed by atoms with E-state index in [4.69, 9.17) is 14.2 Å². The second-order valence-electron chi connectivity index (χ2n) is 7.21. The van der Waals surface area contributed by atoms with Crippen LogP contribution < -0.4 is 24.4 Å². The second-order valence-corrected chi connectivity index (χ2v) is 8.06. The first-order valence-corrected chi connectivity index (χ1v) is 11.1. The smallest absolute Gasteiger partial charge is 0.273 e. The first-order chi connectivity index (χ1) is 15.6. The lowest BCUT2D eigenvalue weighted by molar-refractivity contribution is 0.0742. The fraction of sp³-hybridized carbons (Fsp3) is 0.304. The van der Waals surface area contributed by atoms with Crippen molar-refractivity contribution in [2.75, 3.05) is 57.7 Å². The van der Waals surface area contributed by atoms with Crippen LogP contribution in [0, 0.1) is 0 Å². The molecule has 2 heterocycles. The van der Waals surface area contributed by atoms with Crippen molar-refractivity contribution in [3.05, 3.63) is 53.5 Å². The Labute approximate surface area is 191 Å². The number of anilines is 3. The first-order valence-electron chi connectivity index (χ1n) is 10.2. The molecule has 3 aromatic rings. The van der Waals surface area contributed by atoms with Gasteiger partial charge in [0.05, 0.1) is 27.0 Å². The summed E-state index contributed by atoms with van der Waals surface area (Å²) in [5, 5.41) is 5.65. The summed E-state index contributed by atoms with van der Waals surface area (Å²) in [6.45, 7) is 2.85. The van der Waals surface area contributed by atoms with Crippen molar-refractivity contribution in [3.8, 4) is 17.2 Å². The predicted octanol–water partition coefficient (Wildman–Crippen LogP) is 3.87. The van der Waals surface area contributed by atoms with Crippen LogP contribution in [0.2, 0.25) is 0 Å². The Morgan fingerprint density at radius 3 is 2.28 bits per heavy atom. The fourth-order valence-electron chi connectivity index (χ4n) is 3.57. The standard InChI is InChI=1S/C23H26N4O4S/c1-29-17-6-4-16(5-7-17)26-10-12-27(13-11-26)22(28)20-15-32-23(25-20)24-19-9-8-18(30-2)14-21(19)31-3/h4-9,14-15H,10-13H2,1-3H3,(H,24,25). The van der Waals surface area contributed by atoms with Crippen LogP contribution in [-0.2, 0) is 0 Å². The molecule has 9 heteroatoms. The number of nitrogens with zero attached hydrogens (tertiary/aromatic N) is 3. The third kappa shape index (κ3) is 4.72. The van der Waals surface area contributed by atoms with Crippen LogP contribution in [0.25, 0.3) is 0 Å². The number of thiazole rings is 1. The lowest BCUT2D eigenvalue weighted by Gasteiger charge is -2.35. The van der Waals surface area contributed by atoms with Crippen molar-refractivity contribution in [3.63, 3.8) is 0 Å². The zero-order chi connectivity index (χ0) is 22.5. The van der Waals surface area contributed by atoms with Gasteiger partial charge in [0, 0.05) is 43.3 Å². The van der Waals surface area contributed by atoms with Gasteiger partial charge in [0.15, 0.2) is 5.13 Å². The number of benzene rings is 2. The van der Waals surface area contributed by atoms with E-state index in [1.807, 2.05) is 41.3 Å². The maximum atomic E-state index is 13.0. The van der Waals surface area contributed by atoms with Crippen LogP contribution in [0.3, 0.4) is 0 Å². The summed E-state index contributed by atoms with van der Waals surface area (Å²) in [5.41, 5.74) is 2.34. The Hall–Kier alpha value is -3.46. The molecule has 32 heavy (non-hydrogen) atoms. The van der Waals surface area contributed by atoms with Crippen molar-refractivity contribution >= 4 is 33.8 Å². The number of carbonyl (C=O) groups excluding carboxylic acids is 1. The molecule has 1 aliphatic heterocycles. The Morgan fingerprint density at radius 1 is 0.938 bits per heavy atom. The van der Waals surface area contributed by atoms with Gasteiger partial charge in [-0.3, -0.25) is 4.79 Å². The molecule has 0 spiro atoms. The van der Waals surface area contributed by atoms with E-state index >= 15 is 0 Å². The molecule has 0 aliphatic carbocycles. The highest BCUT2D eigenvalue weighted by atomic mass is 32.1. The van der Waals surface area contributed by atoms with Gasteiger partial charge in [-0.25, -0.2) is 4.98 Å². The number of rotatable bonds is 7. The van der Waals surface area contributed by atoms with Gasteiger partial charge in [0.1, 0.15) is 22.9 Å². The summed E-state index contributed by atoms with van der Waals surface area (Å²) < 4.78 is 15.9. The summed E-state index contributed by atoms with van der Waals surface area (Å²) in [5.74, 6) is 2.13. The van der Waals surface area contributed by atoms with E-state index in [1.54, 1.807) is 32.8 Å². The number of aromatic nitrogens is 1. The van der Waals surface area contributed by atoms with E-state index in [9.17, 15) is 4.79 Å². The van der Waals surface area contributed by atoms with Gasteiger partial charge in [-0.2, -0.15) is 0 Å². The molecule has 0 saturated carbocycles. The lowest BCUT2D eigenvalue weighted by atomic mass is 10.2. The molecule has 0 bridgehead atoms. The van der Waals surface area contributed by atoms with E-state index in [1.165, 1.54) is 11.3 Å². The number of hydrogen-bond donors (Lipinski definition) is 1. The largest absolute Gasteiger partial charge is 0.497 e. The van der Waals surface area contributed by atoms with Gasteiger partial charge in [0.25, 0.3) is 5.91 Å². The third-order valence-electron chi connectivity index (χ3n) is 5.38. The van der Waals surface area contributed by atoms with Crippen LogP contribution in [0.4, 0.5) is 16.5 Å². The van der Waals surface area contributed by atoms with E-state index in [2.05, 4.69) is 15.2 Å². The Balaban J connectivity index is 1.37. The number of piperazine rings is 1. The molecule has 1 N–H and O–H groups in total. The van der Waals surface area contributed by atoms with Crippen LogP contribution in [0.5, 0.6) is 17.2 Å². The van der Waals surface area contributed by atoms with Crippen LogP contribution >= 0.6 is 11.3 Å². The van der Waals surface area contributed by atoms with E-state index < -0.39 is 0 Å². The Kier molecular flexibility index (Phi) is 6.65. The summed E-state index contributed by atoms with van der Waals surface area (Å²) in [7, 11) is 4.87. The van der Waals surface area contributed by atoms with Crippen LogP contribution in [-0.4, -0.2) is 63.3 Å². The highest BCUT2D eigenvalue weighted by Crippen LogP contribution is 2.32. The van der Waals surface area contributed by atoms with Crippen molar-refractivity contribution in [1.29, 1.82) is 0 Å². The third-order valence-corrected chi connectivity index (χ3v) is 6.14. The van der Waals surface area contributed by atoms with Crippen molar-refractivity contribution in [2.45, 2.75) is 0 Å². The molecule has 1 aliphatic rings. The molecular weight excluding hydrogens is 428 g/mol. The van der Waals surface area contributed by atoms with Gasteiger partial charge in [-0.1, -0.05) is 0 Å². The topological polar surface area (TPSA) is 76.2 Å². The van der Waals surface area contributed by atoms with Crippen molar-refractivity contribution in [1.82, 2.24) is 9.88 Å². The van der Waals surface area contributed by atoms with Crippen molar-refractivity contribution < 1.29 is 19.0 Å². The Morgan fingerprint density at radius 2 is 1.62 bits per heavy atom. The number of amides is 1. The fourth-order valence-corrected chi connectivity index (χ4v) is 4.27. The quantitative estimate of drug-likeness (QED) is 0.581. The SMILES string of the molecule is COc1ccc(N2CCN(C(=O)c3csc(Nc4ccc(OC)cc4OC)n3)CC2)cc1. The molecule has 0 radical (unpaired) electrons. The average molecular weight is 455 g/mol. The minimum Gasteiger partial charge on any atom is -0.497 e. The summed E-state index contributed by atoms with van der Waals surface area (Å²) in [6.07, 6.45) is 0. The summed E-state index contributed by atoms with van der Waals surface area (Å²) >= 11 is 1.39. The Bertz CT molecular complexity index is 1060. The maximum absolute atomic E-state index is 13.0. The summed E-state index contributed by atoms with van der Waals surface area (Å²) in [4.78, 5) is 21.6. The number of methoxy groups -OCH3 is 3. The minimum absolute atomic E-state index is 0.0506. The zero-order valence-corrected chi connectivity index (χ0v) is 19.1. The molecule has 1 amide bonds. The van der Waals surface area contributed by atoms with Gasteiger partial charge in [-0.05, 0) is 36.4 Å². The minimum atomic E-state index is -0.0506. The number of carbonyl (C=O) groups is 1. The monoisotopic (exact) mass is 454 g/mol. The normalized spacial score (nSPS) is 13.6. The maximum Gasteiger partial charge on any atom is 0.273 e. The molecular formula is C23H26N4O4S. The zero-order valence-electron chi connectivity index (χ0n) is 18.3. The predicted molar refractivity (Wildman–Crippen MR) is 126 cm³/mol. The highest BCUT2D eigenvalue weighted by molar-refractivity contribution is 7.14. The molecule has 0 unspecified atom stereocenters. The van der Waals surface area contributed by atoms with Crippen molar-refractivity contribution in [2.24, 2.45) is 0 Å². The molecule has 8 nitrogen and oxygen atoms in total. The molecule has 1 fully saturated rings. The molecule has 1 aromatic heterocycles. The van der Waals surface area contributed by atoms with Gasteiger partial charge in [0.2, 0.25) is 0 Å². The molecule has 0 atom stereocenters. The number of hydrogen-bond acceptors (Lipinski definition) is 8. The second kappa shape index (κ2) is 9.78. The van der Waals surface area contributed by atoms with Gasteiger partial charge in [-0.15, -0.1) is 11.3 Å². The number of ether oxygens (including phenoxy) is 3. The first kappa shape index (κ1) is 21.8. The molecule has 1 saturated heterocycles. The molecule has 2 aromatic carbocycles. The van der Waals surface area contributed by atoms with Crippen LogP contribution in [0.1, 0.15) is 10.5 Å². The average Bonchev–Trinajstić information content (AvgIpc) is 3.32. The number of nitrogens with one attached hydrogen (secondary N) is 1. The van der Waals surface area contributed by atoms with E-state index in [-0.39, 0.29) is 5.91 Å². The van der Waals surface area contributed by atoms with Crippen LogP contribution in [0.15, 0.2) is 47.8 Å². The highest BCUT2D eigenvalue weighted by Gasteiger charge is 2.24.